The molecule has 142 valence electrons. The number of aromatic nitrogens is 1. The summed E-state index contributed by atoms with van der Waals surface area (Å²) in [4.78, 5) is 12.3. The monoisotopic (exact) mass is 362 g/mol. The zero-order chi connectivity index (χ0) is 18.2. The molecular formula is C23H30N4. The molecule has 0 bridgehead atoms. The van der Waals surface area contributed by atoms with Crippen molar-refractivity contribution in [3.63, 3.8) is 0 Å². The number of rotatable bonds is 3. The van der Waals surface area contributed by atoms with Crippen LogP contribution in [0.1, 0.15) is 37.3 Å². The van der Waals surface area contributed by atoms with Gasteiger partial charge in [0.2, 0.25) is 0 Å². The summed E-state index contributed by atoms with van der Waals surface area (Å²) in [6.07, 6.45) is 7.07. The Kier molecular flexibility index (Phi) is 4.52. The highest BCUT2D eigenvalue weighted by Gasteiger charge is 2.33. The van der Waals surface area contributed by atoms with Crippen molar-refractivity contribution in [3.8, 4) is 0 Å². The Morgan fingerprint density at radius 1 is 0.963 bits per heavy atom. The van der Waals surface area contributed by atoms with Crippen LogP contribution in [0, 0.1) is 0 Å². The third-order valence-corrected chi connectivity index (χ3v) is 6.78. The Bertz CT molecular complexity index is 790. The first-order chi connectivity index (χ1) is 13.3. The number of anilines is 2. The number of hydrogen-bond acceptors (Lipinski definition) is 4. The molecule has 2 aromatic rings. The van der Waals surface area contributed by atoms with Crippen molar-refractivity contribution < 1.29 is 0 Å². The van der Waals surface area contributed by atoms with E-state index in [-0.39, 0.29) is 0 Å². The normalized spacial score (nSPS) is 25.8. The predicted octanol–water partition coefficient (Wildman–Crippen LogP) is 3.71. The van der Waals surface area contributed by atoms with Crippen LogP contribution in [0.15, 0.2) is 42.6 Å². The molecule has 5 rings (SSSR count). The second-order valence-electron chi connectivity index (χ2n) is 8.43. The van der Waals surface area contributed by atoms with E-state index in [0.29, 0.717) is 0 Å². The lowest BCUT2D eigenvalue weighted by molar-refractivity contribution is 0.204. The molecule has 4 heterocycles. The minimum Gasteiger partial charge on any atom is -0.370 e. The van der Waals surface area contributed by atoms with Crippen LogP contribution < -0.4 is 9.80 Å². The molecule has 3 aliphatic rings. The van der Waals surface area contributed by atoms with E-state index in [1.54, 1.807) is 0 Å². The summed E-state index contributed by atoms with van der Waals surface area (Å²) >= 11 is 0. The van der Waals surface area contributed by atoms with Gasteiger partial charge in [-0.25, -0.2) is 4.98 Å². The van der Waals surface area contributed by atoms with E-state index in [1.165, 1.54) is 55.7 Å². The van der Waals surface area contributed by atoms with E-state index in [4.69, 9.17) is 0 Å². The first-order valence-corrected chi connectivity index (χ1v) is 10.6. The minimum absolute atomic E-state index is 0.748. The van der Waals surface area contributed by atoms with Crippen LogP contribution in [0.25, 0.3) is 0 Å². The van der Waals surface area contributed by atoms with Gasteiger partial charge < -0.3 is 9.80 Å². The molecule has 0 radical (unpaired) electrons. The van der Waals surface area contributed by atoms with Crippen LogP contribution in [-0.4, -0.2) is 48.1 Å². The second kappa shape index (κ2) is 7.16. The van der Waals surface area contributed by atoms with Crippen LogP contribution in [-0.2, 0) is 13.0 Å². The summed E-state index contributed by atoms with van der Waals surface area (Å²) in [6.45, 7) is 8.13. The van der Waals surface area contributed by atoms with Crippen molar-refractivity contribution in [3.05, 3.63) is 53.7 Å². The molecule has 0 amide bonds. The Morgan fingerprint density at radius 2 is 1.93 bits per heavy atom. The van der Waals surface area contributed by atoms with Gasteiger partial charge in [0.05, 0.1) is 0 Å². The van der Waals surface area contributed by atoms with Crippen molar-refractivity contribution in [1.82, 2.24) is 9.88 Å². The minimum atomic E-state index is 0.748. The Balaban J connectivity index is 1.28. The van der Waals surface area contributed by atoms with Crippen LogP contribution in [0.3, 0.4) is 0 Å². The van der Waals surface area contributed by atoms with Crippen molar-refractivity contribution in [2.75, 3.05) is 36.0 Å². The van der Waals surface area contributed by atoms with Crippen LogP contribution in [0.5, 0.6) is 0 Å². The number of fused-ring (bicyclic) bond motifs is 1. The van der Waals surface area contributed by atoms with Crippen molar-refractivity contribution in [2.24, 2.45) is 0 Å². The average Bonchev–Trinajstić information content (AvgIpc) is 3.37. The van der Waals surface area contributed by atoms with E-state index in [1.807, 2.05) is 12.3 Å². The maximum absolute atomic E-state index is 4.52. The summed E-state index contributed by atoms with van der Waals surface area (Å²) in [5.74, 6) is 1.09. The van der Waals surface area contributed by atoms with Gasteiger partial charge in [0, 0.05) is 50.1 Å². The van der Waals surface area contributed by atoms with Crippen LogP contribution in [0.2, 0.25) is 0 Å². The zero-order valence-electron chi connectivity index (χ0n) is 16.3. The maximum atomic E-state index is 4.52. The summed E-state index contributed by atoms with van der Waals surface area (Å²) in [5.41, 5.74) is 4.41. The highest BCUT2D eigenvalue weighted by atomic mass is 15.3. The molecule has 1 aromatic heterocycles. The number of pyridine rings is 1. The topological polar surface area (TPSA) is 22.6 Å². The molecule has 27 heavy (non-hydrogen) atoms. The largest absolute Gasteiger partial charge is 0.370 e. The van der Waals surface area contributed by atoms with Crippen LogP contribution in [0.4, 0.5) is 11.5 Å². The van der Waals surface area contributed by atoms with Crippen molar-refractivity contribution in [1.29, 1.82) is 0 Å². The summed E-state index contributed by atoms with van der Waals surface area (Å²) in [5, 5.41) is 0. The second-order valence-corrected chi connectivity index (χ2v) is 8.43. The lowest BCUT2D eigenvalue weighted by atomic mass is 9.98. The van der Waals surface area contributed by atoms with Gasteiger partial charge >= 0.3 is 0 Å². The summed E-state index contributed by atoms with van der Waals surface area (Å²) < 4.78 is 0. The van der Waals surface area contributed by atoms with E-state index in [2.05, 4.69) is 56.9 Å². The molecule has 2 atom stereocenters. The molecular weight excluding hydrogens is 332 g/mol. The Labute approximate surface area is 162 Å². The third kappa shape index (κ3) is 3.31. The van der Waals surface area contributed by atoms with E-state index < -0.39 is 0 Å². The van der Waals surface area contributed by atoms with Crippen LogP contribution >= 0.6 is 0 Å². The highest BCUT2D eigenvalue weighted by Crippen LogP contribution is 2.31. The SMILES string of the molecule is C[C@H]1CCCN1[C@H]1CCN(c2ccc3c(c2)CCN(c2ccccn2)C3)C1. The summed E-state index contributed by atoms with van der Waals surface area (Å²) in [7, 11) is 0. The van der Waals surface area contributed by atoms with Gasteiger partial charge in [-0.15, -0.1) is 0 Å². The summed E-state index contributed by atoms with van der Waals surface area (Å²) in [6, 6.07) is 14.9. The quantitative estimate of drug-likeness (QED) is 0.830. The standard InChI is InChI=1S/C23H30N4/c1-18-5-4-12-27(18)22-10-14-25(17-22)21-8-7-20-16-26(13-9-19(20)15-21)23-6-2-3-11-24-23/h2-3,6-8,11,15,18,22H,4-5,9-10,12-14,16-17H2,1H3/t18-,22-/m0/s1. The van der Waals surface area contributed by atoms with E-state index in [0.717, 1.165) is 37.4 Å². The molecule has 0 N–H and O–H groups in total. The molecule has 0 spiro atoms. The molecule has 1 aromatic carbocycles. The van der Waals surface area contributed by atoms with Gasteiger partial charge in [0.15, 0.2) is 0 Å². The lowest BCUT2D eigenvalue weighted by Gasteiger charge is -2.31. The molecule has 0 aliphatic carbocycles. The fourth-order valence-electron chi connectivity index (χ4n) is 5.22. The number of benzene rings is 1. The fraction of sp³-hybridized carbons (Fsp3) is 0.522. The first kappa shape index (κ1) is 17.1. The molecule has 0 saturated carbocycles. The lowest BCUT2D eigenvalue weighted by Crippen LogP contribution is -2.39. The molecule has 4 heteroatoms. The third-order valence-electron chi connectivity index (χ3n) is 6.78. The molecule has 2 fully saturated rings. The van der Waals surface area contributed by atoms with Crippen molar-refractivity contribution in [2.45, 2.75) is 51.2 Å². The van der Waals surface area contributed by atoms with Gasteiger partial charge in [0.25, 0.3) is 0 Å². The average molecular weight is 363 g/mol. The van der Waals surface area contributed by atoms with Gasteiger partial charge in [0.1, 0.15) is 5.82 Å². The number of likely N-dealkylation sites (tertiary alicyclic amines) is 1. The van der Waals surface area contributed by atoms with Crippen molar-refractivity contribution >= 4 is 11.5 Å². The first-order valence-electron chi connectivity index (χ1n) is 10.6. The highest BCUT2D eigenvalue weighted by molar-refractivity contribution is 5.54. The maximum Gasteiger partial charge on any atom is 0.128 e. The van der Waals surface area contributed by atoms with E-state index >= 15 is 0 Å². The van der Waals surface area contributed by atoms with Gasteiger partial charge in [-0.2, -0.15) is 0 Å². The molecule has 3 aliphatic heterocycles. The van der Waals surface area contributed by atoms with Gasteiger partial charge in [-0.1, -0.05) is 12.1 Å². The van der Waals surface area contributed by atoms with E-state index in [9.17, 15) is 0 Å². The zero-order valence-corrected chi connectivity index (χ0v) is 16.3. The molecule has 2 saturated heterocycles. The predicted molar refractivity (Wildman–Crippen MR) is 111 cm³/mol. The fourth-order valence-corrected chi connectivity index (χ4v) is 5.22. The number of hydrogen-bond donors (Lipinski definition) is 0. The Morgan fingerprint density at radius 3 is 2.74 bits per heavy atom. The molecule has 4 nitrogen and oxygen atoms in total. The Hall–Kier alpha value is -2.07. The van der Waals surface area contributed by atoms with Gasteiger partial charge in [-0.3, -0.25) is 4.90 Å². The molecule has 0 unspecified atom stereocenters. The van der Waals surface area contributed by atoms with Gasteiger partial charge in [-0.05, 0) is 74.5 Å². The number of nitrogens with zero attached hydrogens (tertiary/aromatic N) is 4. The smallest absolute Gasteiger partial charge is 0.128 e.